The van der Waals surface area contributed by atoms with Crippen LogP contribution in [0.5, 0.6) is 11.5 Å². The van der Waals surface area contributed by atoms with Crippen molar-refractivity contribution in [2.75, 3.05) is 32.6 Å². The third-order valence-electron chi connectivity index (χ3n) is 3.62. The van der Waals surface area contributed by atoms with Gasteiger partial charge in [-0.25, -0.2) is 0 Å². The minimum Gasteiger partial charge on any atom is -0.497 e. The Morgan fingerprint density at radius 2 is 2.19 bits per heavy atom. The molecular weight excluding hydrogens is 292 g/mol. The summed E-state index contributed by atoms with van der Waals surface area (Å²) in [5.41, 5.74) is 0.683. The van der Waals surface area contributed by atoms with E-state index in [4.69, 9.17) is 9.47 Å². The minimum atomic E-state index is 0. The lowest BCUT2D eigenvalue weighted by Crippen LogP contribution is -2.15. The number of rotatable bonds is 6. The molecule has 0 saturated carbocycles. The maximum atomic E-state index is 12.0. The summed E-state index contributed by atoms with van der Waals surface area (Å²) < 4.78 is 10.4. The maximum Gasteiger partial charge on any atom is 0.224 e. The highest BCUT2D eigenvalue weighted by atomic mass is 35.5. The van der Waals surface area contributed by atoms with Crippen molar-refractivity contribution in [2.24, 2.45) is 5.92 Å². The van der Waals surface area contributed by atoms with E-state index in [0.29, 0.717) is 29.5 Å². The number of hydrogen-bond acceptors (Lipinski definition) is 4. The fraction of sp³-hybridized carbons (Fsp3) is 0.533. The molecule has 1 heterocycles. The predicted molar refractivity (Wildman–Crippen MR) is 85.6 cm³/mol. The number of methoxy groups -OCH3 is 2. The predicted octanol–water partition coefficient (Wildman–Crippen LogP) is 2.45. The zero-order valence-electron chi connectivity index (χ0n) is 12.5. The topological polar surface area (TPSA) is 59.6 Å². The van der Waals surface area contributed by atoms with Crippen molar-refractivity contribution < 1.29 is 14.3 Å². The first kappa shape index (κ1) is 17.6. The van der Waals surface area contributed by atoms with Crippen molar-refractivity contribution in [2.45, 2.75) is 19.3 Å². The van der Waals surface area contributed by atoms with E-state index in [0.717, 1.165) is 19.5 Å². The van der Waals surface area contributed by atoms with Gasteiger partial charge >= 0.3 is 0 Å². The van der Waals surface area contributed by atoms with Crippen LogP contribution in [-0.4, -0.2) is 33.2 Å². The van der Waals surface area contributed by atoms with E-state index < -0.39 is 0 Å². The molecule has 1 fully saturated rings. The smallest absolute Gasteiger partial charge is 0.224 e. The lowest BCUT2D eigenvalue weighted by molar-refractivity contribution is -0.116. The van der Waals surface area contributed by atoms with Crippen molar-refractivity contribution in [3.05, 3.63) is 18.2 Å². The monoisotopic (exact) mass is 314 g/mol. The highest BCUT2D eigenvalue weighted by molar-refractivity contribution is 5.92. The lowest BCUT2D eigenvalue weighted by Gasteiger charge is -2.12. The van der Waals surface area contributed by atoms with E-state index in [1.165, 1.54) is 6.42 Å². The largest absolute Gasteiger partial charge is 0.497 e. The van der Waals surface area contributed by atoms with Gasteiger partial charge in [0.05, 0.1) is 19.9 Å². The standard InChI is InChI=1S/C15H22N2O3.ClH/c1-19-12-4-5-13(14(9-12)20-2)17-15(18)6-3-11-7-8-16-10-11;/h4-5,9,11,16H,3,6-8,10H2,1-2H3,(H,17,18);1H. The van der Waals surface area contributed by atoms with Gasteiger partial charge in [0, 0.05) is 12.5 Å². The molecule has 1 aliphatic heterocycles. The molecular formula is C15H23ClN2O3. The molecule has 0 bridgehead atoms. The highest BCUT2D eigenvalue weighted by Crippen LogP contribution is 2.29. The van der Waals surface area contributed by atoms with Gasteiger partial charge in [-0.05, 0) is 44.0 Å². The second-order valence-corrected chi connectivity index (χ2v) is 5.01. The average Bonchev–Trinajstić information content (AvgIpc) is 2.99. The number of anilines is 1. The molecule has 0 aliphatic carbocycles. The Hall–Kier alpha value is -1.46. The highest BCUT2D eigenvalue weighted by Gasteiger charge is 2.16. The normalized spacial score (nSPS) is 17.0. The second-order valence-electron chi connectivity index (χ2n) is 5.01. The van der Waals surface area contributed by atoms with Gasteiger partial charge in [0.2, 0.25) is 5.91 Å². The molecule has 1 saturated heterocycles. The fourth-order valence-electron chi connectivity index (χ4n) is 2.41. The van der Waals surface area contributed by atoms with Crippen molar-refractivity contribution >= 4 is 24.0 Å². The Morgan fingerprint density at radius 3 is 2.81 bits per heavy atom. The van der Waals surface area contributed by atoms with Crippen LogP contribution in [-0.2, 0) is 4.79 Å². The summed E-state index contributed by atoms with van der Waals surface area (Å²) in [5, 5.41) is 6.21. The van der Waals surface area contributed by atoms with E-state index in [2.05, 4.69) is 10.6 Å². The zero-order chi connectivity index (χ0) is 14.4. The van der Waals surface area contributed by atoms with Gasteiger partial charge in [0.15, 0.2) is 0 Å². The Balaban J connectivity index is 0.00000220. The van der Waals surface area contributed by atoms with Crippen molar-refractivity contribution in [3.8, 4) is 11.5 Å². The van der Waals surface area contributed by atoms with Crippen LogP contribution in [0.15, 0.2) is 18.2 Å². The first-order chi connectivity index (χ1) is 9.72. The molecule has 118 valence electrons. The van der Waals surface area contributed by atoms with Crippen molar-refractivity contribution in [1.82, 2.24) is 5.32 Å². The molecule has 6 heteroatoms. The SMILES string of the molecule is COc1ccc(NC(=O)CCC2CCNC2)c(OC)c1.Cl. The van der Waals surface area contributed by atoms with Crippen LogP contribution in [0.2, 0.25) is 0 Å². The second kappa shape index (κ2) is 8.74. The molecule has 5 nitrogen and oxygen atoms in total. The number of halogens is 1. The summed E-state index contributed by atoms with van der Waals surface area (Å²) in [5.74, 6) is 1.97. The summed E-state index contributed by atoms with van der Waals surface area (Å²) in [6.07, 6.45) is 2.64. The van der Waals surface area contributed by atoms with Crippen LogP contribution in [0, 0.1) is 5.92 Å². The number of amides is 1. The van der Waals surface area contributed by atoms with Crippen LogP contribution in [0.1, 0.15) is 19.3 Å². The lowest BCUT2D eigenvalue weighted by atomic mass is 10.0. The van der Waals surface area contributed by atoms with E-state index in [-0.39, 0.29) is 18.3 Å². The van der Waals surface area contributed by atoms with E-state index >= 15 is 0 Å². The molecule has 1 amide bonds. The number of nitrogens with one attached hydrogen (secondary N) is 2. The van der Waals surface area contributed by atoms with Gasteiger partial charge in [0.1, 0.15) is 11.5 Å². The Morgan fingerprint density at radius 1 is 1.38 bits per heavy atom. The fourth-order valence-corrected chi connectivity index (χ4v) is 2.41. The molecule has 1 unspecified atom stereocenters. The van der Waals surface area contributed by atoms with Gasteiger partial charge < -0.3 is 20.1 Å². The van der Waals surface area contributed by atoms with Gasteiger partial charge in [-0.15, -0.1) is 12.4 Å². The Labute approximate surface area is 131 Å². The first-order valence-corrected chi connectivity index (χ1v) is 6.95. The van der Waals surface area contributed by atoms with E-state index in [1.807, 2.05) is 0 Å². The average molecular weight is 315 g/mol. The van der Waals surface area contributed by atoms with Crippen LogP contribution in [0.4, 0.5) is 5.69 Å². The molecule has 0 aromatic heterocycles. The third kappa shape index (κ3) is 5.10. The van der Waals surface area contributed by atoms with Crippen molar-refractivity contribution in [3.63, 3.8) is 0 Å². The zero-order valence-corrected chi connectivity index (χ0v) is 13.3. The molecule has 1 aliphatic rings. The number of carbonyl (C=O) groups excluding carboxylic acids is 1. The maximum absolute atomic E-state index is 12.0. The van der Waals surface area contributed by atoms with Gasteiger partial charge in [-0.3, -0.25) is 4.79 Å². The third-order valence-corrected chi connectivity index (χ3v) is 3.62. The molecule has 21 heavy (non-hydrogen) atoms. The van der Waals surface area contributed by atoms with E-state index in [9.17, 15) is 4.79 Å². The summed E-state index contributed by atoms with van der Waals surface area (Å²) in [6, 6.07) is 5.36. The Bertz CT molecular complexity index is 462. The molecule has 1 aromatic carbocycles. The number of carbonyl (C=O) groups is 1. The summed E-state index contributed by atoms with van der Waals surface area (Å²) >= 11 is 0. The van der Waals surface area contributed by atoms with Crippen LogP contribution in [0.3, 0.4) is 0 Å². The van der Waals surface area contributed by atoms with Gasteiger partial charge in [0.25, 0.3) is 0 Å². The molecule has 1 aromatic rings. The minimum absolute atomic E-state index is 0. The number of benzene rings is 1. The Kier molecular flexibility index (Phi) is 7.32. The summed E-state index contributed by atoms with van der Waals surface area (Å²) in [7, 11) is 3.18. The van der Waals surface area contributed by atoms with Crippen LogP contribution >= 0.6 is 12.4 Å². The van der Waals surface area contributed by atoms with E-state index in [1.54, 1.807) is 32.4 Å². The molecule has 2 N–H and O–H groups in total. The number of ether oxygens (including phenoxy) is 2. The first-order valence-electron chi connectivity index (χ1n) is 6.95. The number of hydrogen-bond donors (Lipinski definition) is 2. The van der Waals surface area contributed by atoms with Crippen LogP contribution in [0.25, 0.3) is 0 Å². The summed E-state index contributed by atoms with van der Waals surface area (Å²) in [4.78, 5) is 12.0. The molecule has 0 spiro atoms. The van der Waals surface area contributed by atoms with Crippen molar-refractivity contribution in [1.29, 1.82) is 0 Å². The molecule has 2 rings (SSSR count). The van der Waals surface area contributed by atoms with Gasteiger partial charge in [-0.2, -0.15) is 0 Å². The molecule has 0 radical (unpaired) electrons. The van der Waals surface area contributed by atoms with Crippen LogP contribution < -0.4 is 20.1 Å². The molecule has 1 atom stereocenters. The quantitative estimate of drug-likeness (QED) is 0.847. The van der Waals surface area contributed by atoms with Gasteiger partial charge in [-0.1, -0.05) is 0 Å². The summed E-state index contributed by atoms with van der Waals surface area (Å²) in [6.45, 7) is 2.09.